The topological polar surface area (TPSA) is 9.23 Å². The molecule has 0 saturated carbocycles. The van der Waals surface area contributed by atoms with E-state index in [-0.39, 0.29) is 4.70 Å². The molecule has 0 rings (SSSR count). The van der Waals surface area contributed by atoms with Crippen molar-refractivity contribution in [3.8, 4) is 0 Å². The Morgan fingerprint density at radius 3 is 1.62 bits per heavy atom. The lowest BCUT2D eigenvalue weighted by Crippen LogP contribution is -3.00. The summed E-state index contributed by atoms with van der Waals surface area (Å²) in [4.78, 5) is 0. The van der Waals surface area contributed by atoms with E-state index in [0.717, 1.165) is 11.1 Å². The van der Waals surface area contributed by atoms with Crippen LogP contribution >= 0.6 is 0 Å². The fraction of sp³-hybridized carbons (Fsp3) is 1.00. The van der Waals surface area contributed by atoms with Gasteiger partial charge in [0.2, 0.25) is 0 Å². The second-order valence-electron chi connectivity index (χ2n) is 6.74. The SMILES string of the molecule is CCCCCCCCCCCC[N+](C)(C)C(C)OCC.[F-]. The predicted molar refractivity (Wildman–Crippen MR) is 89.9 cm³/mol. The number of rotatable bonds is 14. The Morgan fingerprint density at radius 1 is 0.762 bits per heavy atom. The summed E-state index contributed by atoms with van der Waals surface area (Å²) in [6, 6.07) is 0. The van der Waals surface area contributed by atoms with E-state index in [4.69, 9.17) is 4.74 Å². The van der Waals surface area contributed by atoms with Gasteiger partial charge in [-0.1, -0.05) is 58.3 Å². The van der Waals surface area contributed by atoms with Gasteiger partial charge >= 0.3 is 0 Å². The van der Waals surface area contributed by atoms with Crippen LogP contribution in [0.3, 0.4) is 0 Å². The van der Waals surface area contributed by atoms with Gasteiger partial charge < -0.3 is 13.9 Å². The zero-order valence-electron chi connectivity index (χ0n) is 15.3. The van der Waals surface area contributed by atoms with Gasteiger partial charge in [-0.15, -0.1) is 0 Å². The molecule has 1 atom stereocenters. The van der Waals surface area contributed by atoms with E-state index in [2.05, 4.69) is 34.9 Å². The molecule has 0 aromatic heterocycles. The van der Waals surface area contributed by atoms with Gasteiger partial charge in [-0.3, -0.25) is 0 Å². The van der Waals surface area contributed by atoms with Crippen molar-refractivity contribution < 1.29 is 13.9 Å². The third kappa shape index (κ3) is 13.2. The molecule has 0 aliphatic rings. The maximum absolute atomic E-state index is 5.72. The molecule has 0 aliphatic heterocycles. The van der Waals surface area contributed by atoms with Crippen LogP contribution in [0.25, 0.3) is 0 Å². The Bertz CT molecular complexity index is 209. The molecule has 0 amide bonds. The monoisotopic (exact) mass is 305 g/mol. The molecule has 0 spiro atoms. The highest BCUT2D eigenvalue weighted by atomic mass is 19.0. The molecular formula is C18H40FNO. The van der Waals surface area contributed by atoms with Crippen LogP contribution in [0.2, 0.25) is 0 Å². The summed E-state index contributed by atoms with van der Waals surface area (Å²) >= 11 is 0. The van der Waals surface area contributed by atoms with Gasteiger partial charge in [0.05, 0.1) is 27.2 Å². The number of ether oxygens (including phenoxy) is 1. The Balaban J connectivity index is 0. The van der Waals surface area contributed by atoms with Gasteiger partial charge in [-0.25, -0.2) is 0 Å². The summed E-state index contributed by atoms with van der Waals surface area (Å²) < 4.78 is 6.71. The zero-order chi connectivity index (χ0) is 15.3. The number of unbranched alkanes of at least 4 members (excludes halogenated alkanes) is 9. The summed E-state index contributed by atoms with van der Waals surface area (Å²) in [7, 11) is 4.57. The van der Waals surface area contributed by atoms with Crippen LogP contribution in [0.1, 0.15) is 85.0 Å². The van der Waals surface area contributed by atoms with Gasteiger partial charge in [0.25, 0.3) is 0 Å². The minimum atomic E-state index is 0. The first kappa shape index (κ1) is 23.1. The summed E-state index contributed by atoms with van der Waals surface area (Å²) in [6.07, 6.45) is 14.4. The molecule has 0 heterocycles. The van der Waals surface area contributed by atoms with Crippen LogP contribution < -0.4 is 4.70 Å². The molecule has 2 nitrogen and oxygen atoms in total. The number of quaternary nitrogens is 1. The third-order valence-corrected chi connectivity index (χ3v) is 4.48. The van der Waals surface area contributed by atoms with Gasteiger partial charge in [0, 0.05) is 6.92 Å². The van der Waals surface area contributed by atoms with Crippen LogP contribution in [0.4, 0.5) is 0 Å². The van der Waals surface area contributed by atoms with Crippen molar-refractivity contribution in [2.24, 2.45) is 0 Å². The summed E-state index contributed by atoms with van der Waals surface area (Å²) in [5.74, 6) is 0. The smallest absolute Gasteiger partial charge is 0.189 e. The first-order chi connectivity index (χ1) is 9.54. The van der Waals surface area contributed by atoms with E-state index in [1.807, 2.05) is 0 Å². The van der Waals surface area contributed by atoms with Crippen molar-refractivity contribution in [2.45, 2.75) is 91.2 Å². The van der Waals surface area contributed by atoms with Gasteiger partial charge in [0.15, 0.2) is 6.23 Å². The largest absolute Gasteiger partial charge is 1.00 e. The molecular weight excluding hydrogens is 265 g/mol. The zero-order valence-corrected chi connectivity index (χ0v) is 15.3. The summed E-state index contributed by atoms with van der Waals surface area (Å²) in [5, 5.41) is 0. The van der Waals surface area contributed by atoms with E-state index in [9.17, 15) is 0 Å². The van der Waals surface area contributed by atoms with Crippen LogP contribution in [-0.4, -0.2) is 38.0 Å². The molecule has 0 aliphatic carbocycles. The van der Waals surface area contributed by atoms with Crippen molar-refractivity contribution in [3.05, 3.63) is 0 Å². The van der Waals surface area contributed by atoms with E-state index < -0.39 is 0 Å². The second-order valence-corrected chi connectivity index (χ2v) is 6.74. The van der Waals surface area contributed by atoms with Crippen molar-refractivity contribution >= 4 is 0 Å². The molecule has 3 heteroatoms. The lowest BCUT2D eigenvalue weighted by Gasteiger charge is -2.35. The van der Waals surface area contributed by atoms with Crippen LogP contribution in [0, 0.1) is 0 Å². The molecule has 21 heavy (non-hydrogen) atoms. The Kier molecular flexibility index (Phi) is 16.3. The second kappa shape index (κ2) is 14.8. The number of halogens is 1. The fourth-order valence-corrected chi connectivity index (χ4v) is 2.63. The first-order valence-corrected chi connectivity index (χ1v) is 8.98. The number of hydrogen-bond acceptors (Lipinski definition) is 1. The molecule has 1 unspecified atom stereocenters. The molecule has 0 aromatic rings. The minimum absolute atomic E-state index is 0. The Labute approximate surface area is 133 Å². The minimum Gasteiger partial charge on any atom is -1.00 e. The summed E-state index contributed by atoms with van der Waals surface area (Å²) in [6.45, 7) is 8.61. The van der Waals surface area contributed by atoms with E-state index in [1.54, 1.807) is 0 Å². The summed E-state index contributed by atoms with van der Waals surface area (Å²) in [5.41, 5.74) is 0. The van der Waals surface area contributed by atoms with Crippen LogP contribution in [0.5, 0.6) is 0 Å². The quantitative estimate of drug-likeness (QED) is 0.272. The molecule has 0 N–H and O–H groups in total. The van der Waals surface area contributed by atoms with Gasteiger partial charge in [-0.2, -0.15) is 0 Å². The van der Waals surface area contributed by atoms with Crippen LogP contribution in [0.15, 0.2) is 0 Å². The van der Waals surface area contributed by atoms with E-state index in [1.165, 1.54) is 70.8 Å². The average molecular weight is 306 g/mol. The normalized spacial score (nSPS) is 13.0. The molecule has 0 bridgehead atoms. The van der Waals surface area contributed by atoms with Crippen molar-refractivity contribution in [2.75, 3.05) is 27.2 Å². The molecule has 0 aromatic carbocycles. The van der Waals surface area contributed by atoms with E-state index >= 15 is 0 Å². The highest BCUT2D eigenvalue weighted by molar-refractivity contribution is 4.48. The molecule has 0 fully saturated rings. The van der Waals surface area contributed by atoms with Crippen molar-refractivity contribution in [1.29, 1.82) is 0 Å². The number of nitrogens with zero attached hydrogens (tertiary/aromatic N) is 1. The van der Waals surface area contributed by atoms with Gasteiger partial charge in [0.1, 0.15) is 0 Å². The molecule has 130 valence electrons. The number of hydrogen-bond donors (Lipinski definition) is 0. The predicted octanol–water partition coefficient (Wildman–Crippen LogP) is 2.37. The van der Waals surface area contributed by atoms with E-state index in [0.29, 0.717) is 6.23 Å². The van der Waals surface area contributed by atoms with Crippen LogP contribution in [-0.2, 0) is 4.74 Å². The standard InChI is InChI=1S/C18H40NO.FH/c1-6-8-9-10-11-12-13-14-15-16-17-19(4,5)18(3)20-7-2;/h18H,6-17H2,1-5H3;1H/q+1;/p-1. The van der Waals surface area contributed by atoms with Gasteiger partial charge in [-0.05, 0) is 19.8 Å². The lowest BCUT2D eigenvalue weighted by molar-refractivity contribution is -0.935. The van der Waals surface area contributed by atoms with Crippen molar-refractivity contribution in [1.82, 2.24) is 0 Å². The molecule has 0 saturated heterocycles. The third-order valence-electron chi connectivity index (χ3n) is 4.48. The highest BCUT2D eigenvalue weighted by Crippen LogP contribution is 2.13. The maximum atomic E-state index is 5.72. The Hall–Kier alpha value is -0.150. The molecule has 0 radical (unpaired) electrons. The lowest BCUT2D eigenvalue weighted by atomic mass is 10.1. The first-order valence-electron chi connectivity index (χ1n) is 8.98. The Morgan fingerprint density at radius 2 is 1.19 bits per heavy atom. The average Bonchev–Trinajstić information content (AvgIpc) is 2.41. The fourth-order valence-electron chi connectivity index (χ4n) is 2.63. The maximum Gasteiger partial charge on any atom is 0.189 e. The van der Waals surface area contributed by atoms with Crippen molar-refractivity contribution in [3.63, 3.8) is 0 Å². The highest BCUT2D eigenvalue weighted by Gasteiger charge is 2.23.